The molecule has 0 bridgehead atoms. The van der Waals surface area contributed by atoms with Crippen molar-refractivity contribution < 1.29 is 35.8 Å². The molecular formula is C27H58ClNO4. The van der Waals surface area contributed by atoms with E-state index in [2.05, 4.69) is 35.0 Å². The van der Waals surface area contributed by atoms with Crippen LogP contribution in [-0.2, 0) is 18.9 Å². The van der Waals surface area contributed by atoms with Crippen LogP contribution in [0.1, 0.15) is 104 Å². The summed E-state index contributed by atoms with van der Waals surface area (Å²) in [5, 5.41) is 0. The summed E-state index contributed by atoms with van der Waals surface area (Å²) in [4.78, 5) is 0. The molecule has 3 atom stereocenters. The van der Waals surface area contributed by atoms with Gasteiger partial charge in [-0.05, 0) is 19.8 Å². The molecule has 0 saturated carbocycles. The van der Waals surface area contributed by atoms with Gasteiger partial charge in [0.2, 0.25) is 0 Å². The third kappa shape index (κ3) is 23.6. The molecule has 0 rings (SSSR count). The van der Waals surface area contributed by atoms with E-state index < -0.39 is 0 Å². The van der Waals surface area contributed by atoms with Crippen LogP contribution < -0.4 is 12.4 Å². The van der Waals surface area contributed by atoms with E-state index >= 15 is 0 Å². The molecule has 0 N–H and O–H groups in total. The zero-order chi connectivity index (χ0) is 24.1. The maximum atomic E-state index is 6.30. The van der Waals surface area contributed by atoms with Crippen LogP contribution >= 0.6 is 0 Å². The number of likely N-dealkylation sites (N-methyl/N-ethyl adjacent to an activating group) is 1. The highest BCUT2D eigenvalue weighted by molar-refractivity contribution is 4.63. The first kappa shape index (κ1) is 35.3. The van der Waals surface area contributed by atoms with Crippen LogP contribution in [0.15, 0.2) is 0 Å². The monoisotopic (exact) mass is 495 g/mol. The Kier molecular flexibility index (Phi) is 25.4. The van der Waals surface area contributed by atoms with Gasteiger partial charge in [0.05, 0.1) is 47.1 Å². The molecule has 0 aromatic carbocycles. The molecule has 0 spiro atoms. The SMILES string of the molecule is CCCCCCCCCCCCCC(CC)OC(OCCOCC[N+](C)(C)C)C(C)OC.[Cl-]. The number of unbranched alkanes of at least 4 members (excludes halogenated alkanes) is 10. The lowest BCUT2D eigenvalue weighted by Crippen LogP contribution is -3.00. The predicted octanol–water partition coefficient (Wildman–Crippen LogP) is 3.59. The van der Waals surface area contributed by atoms with Gasteiger partial charge in [0.1, 0.15) is 12.6 Å². The predicted molar refractivity (Wildman–Crippen MR) is 136 cm³/mol. The molecular weight excluding hydrogens is 438 g/mol. The van der Waals surface area contributed by atoms with Crippen molar-refractivity contribution in [2.75, 3.05) is 54.6 Å². The number of quaternary nitrogens is 1. The number of halogens is 1. The molecule has 0 heterocycles. The Labute approximate surface area is 213 Å². The van der Waals surface area contributed by atoms with Gasteiger partial charge < -0.3 is 35.8 Å². The molecule has 5 nitrogen and oxygen atoms in total. The second-order valence-corrected chi connectivity index (χ2v) is 10.3. The lowest BCUT2D eigenvalue weighted by Gasteiger charge is -2.28. The Hall–Kier alpha value is 0.0900. The standard InChI is InChI=1S/C27H58NO4.ClH/c1-8-10-11-12-13-14-15-16-17-18-19-20-26(9-2)32-27(25(3)29-7)31-24-23-30-22-21-28(4,5)6;/h25-27H,8-24H2,1-7H3;1H/q+1;/p-1. The van der Waals surface area contributed by atoms with E-state index in [-0.39, 0.29) is 30.9 Å². The Balaban J connectivity index is 0. The lowest BCUT2D eigenvalue weighted by molar-refractivity contribution is -0.870. The highest BCUT2D eigenvalue weighted by atomic mass is 35.5. The van der Waals surface area contributed by atoms with Crippen molar-refractivity contribution in [1.82, 2.24) is 0 Å². The maximum Gasteiger partial charge on any atom is 0.183 e. The van der Waals surface area contributed by atoms with Crippen LogP contribution in [0.4, 0.5) is 0 Å². The van der Waals surface area contributed by atoms with Gasteiger partial charge in [-0.2, -0.15) is 0 Å². The molecule has 0 saturated heterocycles. The molecule has 202 valence electrons. The summed E-state index contributed by atoms with van der Waals surface area (Å²) in [6.45, 7) is 9.35. The minimum Gasteiger partial charge on any atom is -1.00 e. The van der Waals surface area contributed by atoms with Crippen LogP contribution in [0.5, 0.6) is 0 Å². The van der Waals surface area contributed by atoms with Gasteiger partial charge in [-0.3, -0.25) is 0 Å². The molecule has 0 aliphatic rings. The number of hydrogen-bond acceptors (Lipinski definition) is 4. The number of methoxy groups -OCH3 is 1. The molecule has 3 unspecified atom stereocenters. The first-order chi connectivity index (χ1) is 15.3. The normalized spacial score (nSPS) is 14.6. The van der Waals surface area contributed by atoms with Crippen molar-refractivity contribution in [3.8, 4) is 0 Å². The summed E-state index contributed by atoms with van der Waals surface area (Å²) < 4.78 is 24.4. The largest absolute Gasteiger partial charge is 1.00 e. The second-order valence-electron chi connectivity index (χ2n) is 10.3. The van der Waals surface area contributed by atoms with Crippen molar-refractivity contribution in [2.45, 2.75) is 123 Å². The van der Waals surface area contributed by atoms with Crippen molar-refractivity contribution >= 4 is 0 Å². The fourth-order valence-corrected chi connectivity index (χ4v) is 3.65. The van der Waals surface area contributed by atoms with Crippen molar-refractivity contribution in [2.24, 2.45) is 0 Å². The summed E-state index contributed by atoms with van der Waals surface area (Å²) in [6, 6.07) is 0. The second kappa shape index (κ2) is 23.8. The Morgan fingerprint density at radius 3 is 1.76 bits per heavy atom. The van der Waals surface area contributed by atoms with Crippen LogP contribution in [-0.4, -0.2) is 77.6 Å². The highest BCUT2D eigenvalue weighted by Gasteiger charge is 2.22. The van der Waals surface area contributed by atoms with E-state index in [1.165, 1.54) is 70.6 Å². The van der Waals surface area contributed by atoms with E-state index in [4.69, 9.17) is 18.9 Å². The van der Waals surface area contributed by atoms with E-state index in [1.807, 2.05) is 6.92 Å². The Morgan fingerprint density at radius 2 is 1.27 bits per heavy atom. The zero-order valence-electron chi connectivity index (χ0n) is 23.2. The molecule has 0 aliphatic carbocycles. The van der Waals surface area contributed by atoms with Crippen molar-refractivity contribution in [3.05, 3.63) is 0 Å². The van der Waals surface area contributed by atoms with Gasteiger partial charge >= 0.3 is 0 Å². The van der Waals surface area contributed by atoms with Crippen molar-refractivity contribution in [3.63, 3.8) is 0 Å². The molecule has 0 aliphatic heterocycles. The molecule has 0 aromatic heterocycles. The number of hydrogen-bond donors (Lipinski definition) is 0. The molecule has 0 amide bonds. The van der Waals surface area contributed by atoms with E-state index in [1.54, 1.807) is 7.11 Å². The summed E-state index contributed by atoms with van der Waals surface area (Å²) in [7, 11) is 8.23. The molecule has 33 heavy (non-hydrogen) atoms. The van der Waals surface area contributed by atoms with E-state index in [9.17, 15) is 0 Å². The molecule has 6 heteroatoms. The number of nitrogens with zero attached hydrogens (tertiary/aromatic N) is 1. The number of rotatable bonds is 24. The van der Waals surface area contributed by atoms with Crippen molar-refractivity contribution in [1.29, 1.82) is 0 Å². The van der Waals surface area contributed by atoms with Gasteiger partial charge in [0.15, 0.2) is 6.29 Å². The van der Waals surface area contributed by atoms with Crippen LogP contribution in [0.25, 0.3) is 0 Å². The Bertz CT molecular complexity index is 393. The van der Waals surface area contributed by atoms with Gasteiger partial charge in [-0.1, -0.05) is 84.5 Å². The quantitative estimate of drug-likeness (QED) is 0.116. The smallest absolute Gasteiger partial charge is 0.183 e. The van der Waals surface area contributed by atoms with Gasteiger partial charge in [-0.25, -0.2) is 0 Å². The third-order valence-electron chi connectivity index (χ3n) is 6.08. The van der Waals surface area contributed by atoms with Crippen LogP contribution in [0, 0.1) is 0 Å². The lowest BCUT2D eigenvalue weighted by atomic mass is 10.0. The first-order valence-electron chi connectivity index (χ1n) is 13.5. The topological polar surface area (TPSA) is 36.9 Å². The average molecular weight is 496 g/mol. The zero-order valence-corrected chi connectivity index (χ0v) is 24.0. The van der Waals surface area contributed by atoms with E-state index in [0.717, 1.165) is 30.5 Å². The minimum absolute atomic E-state index is 0. The average Bonchev–Trinajstić information content (AvgIpc) is 2.76. The molecule has 0 fully saturated rings. The summed E-state index contributed by atoms with van der Waals surface area (Å²) in [5.41, 5.74) is 0. The summed E-state index contributed by atoms with van der Waals surface area (Å²) >= 11 is 0. The first-order valence-corrected chi connectivity index (χ1v) is 13.5. The maximum absolute atomic E-state index is 6.30. The molecule has 0 radical (unpaired) electrons. The molecule has 0 aromatic rings. The van der Waals surface area contributed by atoms with E-state index in [0.29, 0.717) is 13.2 Å². The van der Waals surface area contributed by atoms with Gasteiger partial charge in [-0.15, -0.1) is 0 Å². The van der Waals surface area contributed by atoms with Crippen LogP contribution in [0.3, 0.4) is 0 Å². The third-order valence-corrected chi connectivity index (χ3v) is 6.08. The van der Waals surface area contributed by atoms with Gasteiger partial charge in [0, 0.05) is 7.11 Å². The highest BCUT2D eigenvalue weighted by Crippen LogP contribution is 2.17. The fraction of sp³-hybridized carbons (Fsp3) is 1.00. The summed E-state index contributed by atoms with van der Waals surface area (Å²) in [5.74, 6) is 0. The summed E-state index contributed by atoms with van der Waals surface area (Å²) in [6.07, 6.45) is 17.0. The number of ether oxygens (including phenoxy) is 4. The Morgan fingerprint density at radius 1 is 0.727 bits per heavy atom. The fourth-order valence-electron chi connectivity index (χ4n) is 3.65. The van der Waals surface area contributed by atoms with Crippen LogP contribution in [0.2, 0.25) is 0 Å². The minimum atomic E-state index is -0.334. The van der Waals surface area contributed by atoms with Gasteiger partial charge in [0.25, 0.3) is 0 Å².